The minimum Gasteiger partial charge on any atom is -0.385 e. The summed E-state index contributed by atoms with van der Waals surface area (Å²) >= 11 is 0. The van der Waals surface area contributed by atoms with Crippen molar-refractivity contribution in [3.05, 3.63) is 71.7 Å². The van der Waals surface area contributed by atoms with Crippen LogP contribution >= 0.6 is 0 Å². The van der Waals surface area contributed by atoms with Gasteiger partial charge in [-0.2, -0.15) is 0 Å². The molecule has 0 saturated heterocycles. The first kappa shape index (κ1) is 18.1. The number of rotatable bonds is 8. The van der Waals surface area contributed by atoms with Crippen LogP contribution in [-0.4, -0.2) is 35.6 Å². The molecule has 0 aliphatic carbocycles. The third-order valence-electron chi connectivity index (χ3n) is 4.56. The van der Waals surface area contributed by atoms with Gasteiger partial charge < -0.3 is 14.5 Å². The topological polar surface area (TPSA) is 55.6 Å². The normalized spacial score (nSPS) is 12.2. The monoisotopic (exact) mass is 351 g/mol. The van der Waals surface area contributed by atoms with Crippen LogP contribution in [0.5, 0.6) is 0 Å². The molecule has 3 rings (SSSR count). The highest BCUT2D eigenvalue weighted by Gasteiger charge is 2.21. The number of amides is 1. The van der Waals surface area contributed by atoms with E-state index in [-0.39, 0.29) is 11.8 Å². The van der Waals surface area contributed by atoms with Crippen molar-refractivity contribution in [2.75, 3.05) is 20.3 Å². The quantitative estimate of drug-likeness (QED) is 0.634. The number of nitrogens with one attached hydrogen (secondary N) is 1. The highest BCUT2D eigenvalue weighted by molar-refractivity contribution is 5.77. The number of carbonyl (C=O) groups excluding carboxylic acids is 1. The molecule has 1 atom stereocenters. The Labute approximate surface area is 154 Å². The second-order valence-electron chi connectivity index (χ2n) is 6.43. The number of nitrogens with zero attached hydrogens (tertiary/aromatic N) is 2. The Hall–Kier alpha value is -2.66. The molecule has 0 aliphatic rings. The van der Waals surface area contributed by atoms with Gasteiger partial charge >= 0.3 is 0 Å². The van der Waals surface area contributed by atoms with Crippen LogP contribution in [0.1, 0.15) is 35.6 Å². The smallest absolute Gasteiger partial charge is 0.221 e. The molecular weight excluding hydrogens is 326 g/mol. The zero-order chi connectivity index (χ0) is 18.4. The summed E-state index contributed by atoms with van der Waals surface area (Å²) < 4.78 is 7.12. The molecule has 1 N–H and O–H groups in total. The molecular formula is C21H25N3O2. The van der Waals surface area contributed by atoms with Crippen molar-refractivity contribution in [3.63, 3.8) is 0 Å². The predicted molar refractivity (Wildman–Crippen MR) is 102 cm³/mol. The van der Waals surface area contributed by atoms with Crippen molar-refractivity contribution in [1.29, 1.82) is 0 Å². The fraction of sp³-hybridized carbons (Fsp3) is 0.333. The average molecular weight is 351 g/mol. The summed E-state index contributed by atoms with van der Waals surface area (Å²) in [7, 11) is 1.67. The van der Waals surface area contributed by atoms with Gasteiger partial charge in [-0.25, -0.2) is 4.98 Å². The number of hydrogen-bond donors (Lipinski definition) is 1. The van der Waals surface area contributed by atoms with Gasteiger partial charge in [-0.1, -0.05) is 36.4 Å². The number of aryl methyl sites for hydroxylation is 1. The molecule has 0 spiro atoms. The van der Waals surface area contributed by atoms with Crippen molar-refractivity contribution in [1.82, 2.24) is 14.7 Å². The third-order valence-corrected chi connectivity index (χ3v) is 4.56. The molecule has 5 nitrogen and oxygen atoms in total. The minimum atomic E-state index is -0.0459. The second kappa shape index (κ2) is 8.63. The SMILES string of the molecule is COCCCNC(=O)CC(c1ccccc1)c1cnc2c(C)cccn12. The molecule has 5 heteroatoms. The van der Waals surface area contributed by atoms with Crippen LogP contribution in [0.3, 0.4) is 0 Å². The van der Waals surface area contributed by atoms with Gasteiger partial charge in [0, 0.05) is 45.0 Å². The Morgan fingerprint density at radius 3 is 2.81 bits per heavy atom. The number of pyridine rings is 1. The first-order chi connectivity index (χ1) is 12.7. The zero-order valence-electron chi connectivity index (χ0n) is 15.3. The van der Waals surface area contributed by atoms with Crippen LogP contribution in [0.4, 0.5) is 0 Å². The maximum atomic E-state index is 12.5. The number of benzene rings is 1. The first-order valence-electron chi connectivity index (χ1n) is 8.94. The molecule has 0 fully saturated rings. The van der Waals surface area contributed by atoms with Crippen LogP contribution in [-0.2, 0) is 9.53 Å². The first-order valence-corrected chi connectivity index (χ1v) is 8.94. The zero-order valence-corrected chi connectivity index (χ0v) is 15.3. The van der Waals surface area contributed by atoms with E-state index in [0.29, 0.717) is 19.6 Å². The third kappa shape index (κ3) is 4.11. The standard InChI is InChI=1S/C21H25N3O2/c1-16-8-6-12-24-19(15-23-21(16)24)18(17-9-4-3-5-10-17)14-20(25)22-11-7-13-26-2/h3-6,8-10,12,15,18H,7,11,13-14H2,1-2H3,(H,22,25). The van der Waals surface area contributed by atoms with E-state index in [2.05, 4.69) is 26.8 Å². The molecule has 1 unspecified atom stereocenters. The number of aromatic nitrogens is 2. The Bertz CT molecular complexity index is 858. The summed E-state index contributed by atoms with van der Waals surface area (Å²) in [4.78, 5) is 17.1. The Balaban J connectivity index is 1.87. The lowest BCUT2D eigenvalue weighted by molar-refractivity contribution is -0.121. The van der Waals surface area contributed by atoms with Crippen LogP contribution < -0.4 is 5.32 Å². The summed E-state index contributed by atoms with van der Waals surface area (Å²) in [5.74, 6) is -0.00650. The molecule has 0 aliphatic heterocycles. The van der Waals surface area contributed by atoms with Crippen LogP contribution in [0.15, 0.2) is 54.9 Å². The molecule has 1 amide bonds. The molecule has 26 heavy (non-hydrogen) atoms. The van der Waals surface area contributed by atoms with Gasteiger partial charge in [0.05, 0.1) is 5.69 Å². The van der Waals surface area contributed by atoms with E-state index < -0.39 is 0 Å². The lowest BCUT2D eigenvalue weighted by Crippen LogP contribution is -2.27. The number of hydrogen-bond acceptors (Lipinski definition) is 3. The fourth-order valence-electron chi connectivity index (χ4n) is 3.21. The van der Waals surface area contributed by atoms with Gasteiger partial charge in [0.15, 0.2) is 0 Å². The van der Waals surface area contributed by atoms with Crippen LogP contribution in [0.2, 0.25) is 0 Å². The largest absolute Gasteiger partial charge is 0.385 e. The predicted octanol–water partition coefficient (Wildman–Crippen LogP) is 3.32. The summed E-state index contributed by atoms with van der Waals surface area (Å²) in [6.45, 7) is 3.32. The summed E-state index contributed by atoms with van der Waals surface area (Å²) in [5.41, 5.74) is 4.20. The van der Waals surface area contributed by atoms with Gasteiger partial charge in [0.25, 0.3) is 0 Å². The molecule has 3 aromatic rings. The Kier molecular flexibility index (Phi) is 6.02. The second-order valence-corrected chi connectivity index (χ2v) is 6.43. The summed E-state index contributed by atoms with van der Waals surface area (Å²) in [5, 5.41) is 2.99. The van der Waals surface area contributed by atoms with Crippen LogP contribution in [0.25, 0.3) is 5.65 Å². The van der Waals surface area contributed by atoms with Gasteiger partial charge in [0.2, 0.25) is 5.91 Å². The van der Waals surface area contributed by atoms with E-state index in [9.17, 15) is 4.79 Å². The van der Waals surface area contributed by atoms with Crippen molar-refractivity contribution in [2.24, 2.45) is 0 Å². The highest BCUT2D eigenvalue weighted by Crippen LogP contribution is 2.29. The van der Waals surface area contributed by atoms with E-state index in [4.69, 9.17) is 4.74 Å². The number of carbonyl (C=O) groups is 1. The van der Waals surface area contributed by atoms with E-state index in [1.165, 1.54) is 0 Å². The molecule has 0 bridgehead atoms. The molecule has 136 valence electrons. The number of ether oxygens (including phenoxy) is 1. The number of fused-ring (bicyclic) bond motifs is 1. The van der Waals surface area contributed by atoms with E-state index in [1.807, 2.05) is 49.6 Å². The molecule has 2 heterocycles. The van der Waals surface area contributed by atoms with Crippen LogP contribution in [0, 0.1) is 6.92 Å². The van der Waals surface area contributed by atoms with Gasteiger partial charge in [0.1, 0.15) is 5.65 Å². The number of methoxy groups -OCH3 is 1. The van der Waals surface area contributed by atoms with Crippen molar-refractivity contribution >= 4 is 11.6 Å². The van der Waals surface area contributed by atoms with Crippen molar-refractivity contribution in [3.8, 4) is 0 Å². The molecule has 1 aromatic carbocycles. The maximum absolute atomic E-state index is 12.5. The maximum Gasteiger partial charge on any atom is 0.221 e. The van der Waals surface area contributed by atoms with Gasteiger partial charge in [-0.05, 0) is 30.5 Å². The van der Waals surface area contributed by atoms with E-state index in [0.717, 1.165) is 28.9 Å². The lowest BCUT2D eigenvalue weighted by Gasteiger charge is -2.17. The van der Waals surface area contributed by atoms with E-state index >= 15 is 0 Å². The summed E-state index contributed by atoms with van der Waals surface area (Å²) in [6, 6.07) is 14.2. The molecule has 0 radical (unpaired) electrons. The molecule has 2 aromatic heterocycles. The van der Waals surface area contributed by atoms with Gasteiger partial charge in [-0.15, -0.1) is 0 Å². The lowest BCUT2D eigenvalue weighted by atomic mass is 9.92. The fourth-order valence-corrected chi connectivity index (χ4v) is 3.21. The van der Waals surface area contributed by atoms with Crippen molar-refractivity contribution < 1.29 is 9.53 Å². The average Bonchev–Trinajstić information content (AvgIpc) is 3.09. The van der Waals surface area contributed by atoms with Crippen molar-refractivity contribution in [2.45, 2.75) is 25.7 Å². The highest BCUT2D eigenvalue weighted by atomic mass is 16.5. The minimum absolute atomic E-state index is 0.0394. The number of imidazole rings is 1. The van der Waals surface area contributed by atoms with E-state index in [1.54, 1.807) is 7.11 Å². The summed E-state index contributed by atoms with van der Waals surface area (Å²) in [6.07, 6.45) is 5.10. The van der Waals surface area contributed by atoms with Gasteiger partial charge in [-0.3, -0.25) is 4.79 Å². The Morgan fingerprint density at radius 2 is 2.04 bits per heavy atom. The molecule has 0 saturated carbocycles. The Morgan fingerprint density at radius 1 is 1.23 bits per heavy atom.